The van der Waals surface area contributed by atoms with Gasteiger partial charge in [0.25, 0.3) is 0 Å². The zero-order valence-electron chi connectivity index (χ0n) is 15.5. The fourth-order valence-electron chi connectivity index (χ4n) is 6.17. The first-order valence-electron chi connectivity index (χ1n) is 9.81. The fraction of sp³-hybridized carbons (Fsp3) is 0.667. The number of benzene rings is 1. The Labute approximate surface area is 150 Å². The van der Waals surface area contributed by atoms with Crippen LogP contribution in [0.15, 0.2) is 17.1 Å². The van der Waals surface area contributed by atoms with Crippen molar-refractivity contribution in [3.63, 3.8) is 0 Å². The number of fused-ring (bicyclic) bond motifs is 4. The van der Waals surface area contributed by atoms with Gasteiger partial charge in [-0.3, -0.25) is 9.89 Å². The first kappa shape index (κ1) is 15.7. The lowest BCUT2D eigenvalue weighted by Crippen LogP contribution is -2.58. The Morgan fingerprint density at radius 1 is 1.16 bits per heavy atom. The molecule has 1 aromatic carbocycles. The third-order valence-electron chi connectivity index (χ3n) is 7.16. The van der Waals surface area contributed by atoms with E-state index in [1.165, 1.54) is 50.0 Å². The van der Waals surface area contributed by atoms with E-state index in [0.29, 0.717) is 11.8 Å². The highest BCUT2D eigenvalue weighted by atomic mass is 16.5. The smallest absolute Gasteiger partial charge is 0.162 e. The van der Waals surface area contributed by atoms with Crippen LogP contribution in [0.3, 0.4) is 0 Å². The van der Waals surface area contributed by atoms with Crippen LogP contribution in [0, 0.1) is 17.8 Å². The van der Waals surface area contributed by atoms with Gasteiger partial charge in [0.1, 0.15) is 0 Å². The number of hydrogen-bond donors (Lipinski definition) is 0. The van der Waals surface area contributed by atoms with Crippen molar-refractivity contribution in [2.45, 2.75) is 44.6 Å². The van der Waals surface area contributed by atoms with E-state index < -0.39 is 0 Å². The molecular weight excluding hydrogens is 312 g/mol. The average Bonchev–Trinajstić information content (AvgIpc) is 2.96. The van der Waals surface area contributed by atoms with Crippen molar-refractivity contribution in [1.29, 1.82) is 0 Å². The Hall–Kier alpha value is -1.55. The van der Waals surface area contributed by atoms with Gasteiger partial charge in [-0.25, -0.2) is 0 Å². The Balaban J connectivity index is 1.58. The fourth-order valence-corrected chi connectivity index (χ4v) is 6.17. The summed E-state index contributed by atoms with van der Waals surface area (Å²) < 4.78 is 11.1. The van der Waals surface area contributed by atoms with Gasteiger partial charge in [0, 0.05) is 36.2 Å². The lowest BCUT2D eigenvalue weighted by Gasteiger charge is -2.53. The summed E-state index contributed by atoms with van der Waals surface area (Å²) in [6.45, 7) is 4.90. The maximum atomic E-state index is 5.56. The predicted molar refractivity (Wildman–Crippen MR) is 99.4 cm³/mol. The molecule has 0 amide bonds. The van der Waals surface area contributed by atoms with Crippen LogP contribution in [0.5, 0.6) is 11.5 Å². The molecule has 3 saturated heterocycles. The van der Waals surface area contributed by atoms with Gasteiger partial charge in [-0.1, -0.05) is 13.3 Å². The number of methoxy groups -OCH3 is 2. The van der Waals surface area contributed by atoms with Crippen LogP contribution in [0.2, 0.25) is 0 Å². The van der Waals surface area contributed by atoms with Gasteiger partial charge < -0.3 is 9.47 Å². The van der Waals surface area contributed by atoms with Gasteiger partial charge in [-0.05, 0) is 49.3 Å². The van der Waals surface area contributed by atoms with Crippen LogP contribution in [-0.4, -0.2) is 44.0 Å². The minimum atomic E-state index is 0.474. The summed E-state index contributed by atoms with van der Waals surface area (Å²) in [5, 5.41) is 0. The van der Waals surface area contributed by atoms with Gasteiger partial charge in [0.2, 0.25) is 0 Å². The van der Waals surface area contributed by atoms with Crippen LogP contribution in [0.25, 0.3) is 0 Å². The van der Waals surface area contributed by atoms with Gasteiger partial charge in [0.15, 0.2) is 11.5 Å². The van der Waals surface area contributed by atoms with Crippen molar-refractivity contribution in [3.8, 4) is 11.5 Å². The van der Waals surface area contributed by atoms with E-state index in [9.17, 15) is 0 Å². The largest absolute Gasteiger partial charge is 0.493 e. The number of nitrogens with zero attached hydrogens (tertiary/aromatic N) is 2. The zero-order valence-corrected chi connectivity index (χ0v) is 15.5. The first-order valence-corrected chi connectivity index (χ1v) is 9.81. The van der Waals surface area contributed by atoms with Crippen LogP contribution in [0.1, 0.15) is 44.1 Å². The summed E-state index contributed by atoms with van der Waals surface area (Å²) in [5.41, 5.74) is 3.92. The monoisotopic (exact) mass is 340 g/mol. The summed E-state index contributed by atoms with van der Waals surface area (Å²) in [6.07, 6.45) is 5.27. The molecule has 25 heavy (non-hydrogen) atoms. The van der Waals surface area contributed by atoms with E-state index in [1.54, 1.807) is 14.2 Å². The molecule has 0 spiro atoms. The molecule has 4 fully saturated rings. The standard InChI is InChI=1S/C21H28N2O2/c1-4-13-7-12-8-16-20-14(5-6-23(11-12)21(13)16)15-9-18(24-2)19(25-3)10-17(15)22-20/h9-10,12-14,16,21H,4-8,11H2,1-3H3. The molecule has 4 aliphatic heterocycles. The number of piperidine rings is 2. The van der Waals surface area contributed by atoms with E-state index in [4.69, 9.17) is 14.5 Å². The molecule has 5 aliphatic rings. The van der Waals surface area contributed by atoms with Crippen molar-refractivity contribution >= 4 is 11.4 Å². The van der Waals surface area contributed by atoms with Gasteiger partial charge >= 0.3 is 0 Å². The summed E-state index contributed by atoms with van der Waals surface area (Å²) in [6, 6.07) is 4.97. The van der Waals surface area contributed by atoms with Gasteiger partial charge in [-0.2, -0.15) is 0 Å². The van der Waals surface area contributed by atoms with Crippen LogP contribution in [-0.2, 0) is 0 Å². The van der Waals surface area contributed by atoms with Gasteiger partial charge in [0.05, 0.1) is 19.9 Å². The normalized spacial score (nSPS) is 37.8. The van der Waals surface area contributed by atoms with E-state index in [0.717, 1.165) is 35.1 Å². The molecule has 0 N–H and O–H groups in total. The zero-order chi connectivity index (χ0) is 17.1. The maximum Gasteiger partial charge on any atom is 0.162 e. The highest BCUT2D eigenvalue weighted by Gasteiger charge is 2.51. The molecule has 0 radical (unpaired) electrons. The number of hydrogen-bond acceptors (Lipinski definition) is 4. The topological polar surface area (TPSA) is 34.1 Å². The molecule has 4 bridgehead atoms. The summed E-state index contributed by atoms with van der Waals surface area (Å²) >= 11 is 0. The lowest BCUT2D eigenvalue weighted by molar-refractivity contribution is -0.0172. The van der Waals surface area contributed by atoms with Crippen molar-refractivity contribution in [2.75, 3.05) is 27.3 Å². The second-order valence-corrected chi connectivity index (χ2v) is 8.24. The van der Waals surface area contributed by atoms with Crippen molar-refractivity contribution in [2.24, 2.45) is 22.7 Å². The number of aliphatic imine (C=N–C) groups is 1. The summed E-state index contributed by atoms with van der Waals surface area (Å²) in [5.74, 6) is 4.47. The third kappa shape index (κ3) is 2.19. The molecular formula is C21H28N2O2. The molecule has 4 nitrogen and oxygen atoms in total. The SMILES string of the molecule is CCC1CC2CC3C4=Nc5cc(OC)c(OC)cc5C4CCN(C2)C13. The molecule has 4 heterocycles. The molecule has 0 aromatic heterocycles. The first-order chi connectivity index (χ1) is 12.2. The van der Waals surface area contributed by atoms with Crippen LogP contribution >= 0.6 is 0 Å². The highest BCUT2D eigenvalue weighted by molar-refractivity contribution is 6.01. The summed E-state index contributed by atoms with van der Waals surface area (Å²) in [4.78, 5) is 7.98. The van der Waals surface area contributed by atoms with Crippen molar-refractivity contribution in [1.82, 2.24) is 4.90 Å². The maximum absolute atomic E-state index is 5.56. The molecule has 1 aromatic rings. The molecule has 1 aliphatic carbocycles. The van der Waals surface area contributed by atoms with E-state index in [1.807, 2.05) is 0 Å². The Kier molecular flexibility index (Phi) is 3.60. The molecule has 4 heteroatoms. The van der Waals surface area contributed by atoms with Crippen LogP contribution in [0.4, 0.5) is 5.69 Å². The number of rotatable bonds is 3. The quantitative estimate of drug-likeness (QED) is 0.833. The second-order valence-electron chi connectivity index (χ2n) is 8.24. The molecule has 6 atom stereocenters. The predicted octanol–water partition coefficient (Wildman–Crippen LogP) is 4.01. The molecule has 134 valence electrons. The van der Waals surface area contributed by atoms with Gasteiger partial charge in [-0.15, -0.1) is 0 Å². The lowest BCUT2D eigenvalue weighted by atomic mass is 9.64. The van der Waals surface area contributed by atoms with Crippen molar-refractivity contribution < 1.29 is 9.47 Å². The summed E-state index contributed by atoms with van der Waals surface area (Å²) in [7, 11) is 3.42. The Morgan fingerprint density at radius 3 is 2.72 bits per heavy atom. The molecule has 6 rings (SSSR count). The van der Waals surface area contributed by atoms with E-state index in [2.05, 4.69) is 24.0 Å². The third-order valence-corrected chi connectivity index (χ3v) is 7.16. The Bertz CT molecular complexity index is 729. The second kappa shape index (κ2) is 5.73. The van der Waals surface area contributed by atoms with E-state index in [-0.39, 0.29) is 0 Å². The van der Waals surface area contributed by atoms with E-state index >= 15 is 0 Å². The molecule has 1 saturated carbocycles. The highest BCUT2D eigenvalue weighted by Crippen LogP contribution is 2.53. The molecule has 6 unspecified atom stereocenters. The Morgan fingerprint density at radius 2 is 1.96 bits per heavy atom. The van der Waals surface area contributed by atoms with Crippen molar-refractivity contribution in [3.05, 3.63) is 17.7 Å². The average molecular weight is 340 g/mol. The minimum Gasteiger partial charge on any atom is -0.493 e. The van der Waals surface area contributed by atoms with Crippen LogP contribution < -0.4 is 9.47 Å². The number of ether oxygens (including phenoxy) is 2. The minimum absolute atomic E-state index is 0.474.